The smallest absolute Gasteiger partial charge is 0.238 e. The number of nitrogens with two attached hydrogens (primary N) is 1. The van der Waals surface area contributed by atoms with Gasteiger partial charge in [0.15, 0.2) is 0 Å². The van der Waals surface area contributed by atoms with E-state index in [9.17, 15) is 8.42 Å². The van der Waals surface area contributed by atoms with Crippen molar-refractivity contribution in [3.05, 3.63) is 41.7 Å². The SMILES string of the molecule is CC(C)(C)c1cn2nc(NCc3cccc(S(N)(=O)=O)c3)sc2n1. The first-order chi connectivity index (χ1) is 11.1. The Balaban J connectivity index is 1.75. The van der Waals surface area contributed by atoms with Gasteiger partial charge in [-0.15, -0.1) is 5.10 Å². The van der Waals surface area contributed by atoms with Crippen LogP contribution in [0, 0.1) is 0 Å². The maximum absolute atomic E-state index is 11.4. The number of hydrogen-bond donors (Lipinski definition) is 2. The second-order valence-electron chi connectivity index (χ2n) is 6.56. The standard InChI is InChI=1S/C15H19N5O2S2/c1-15(2,3)12-9-20-14(18-12)23-13(19-20)17-8-10-5-4-6-11(7-10)24(16,21)22/h4-7,9H,8H2,1-3H3,(H,17,19)(H2,16,21,22). The van der Waals surface area contributed by atoms with Crippen LogP contribution in [0.25, 0.3) is 4.96 Å². The molecule has 9 heteroatoms. The molecule has 0 saturated carbocycles. The highest BCUT2D eigenvalue weighted by Crippen LogP contribution is 2.26. The minimum atomic E-state index is -3.69. The van der Waals surface area contributed by atoms with Gasteiger partial charge in [0.2, 0.25) is 20.1 Å². The molecular formula is C15H19N5O2S2. The number of anilines is 1. The summed E-state index contributed by atoms with van der Waals surface area (Å²) < 4.78 is 24.5. The van der Waals surface area contributed by atoms with E-state index in [0.29, 0.717) is 6.54 Å². The quantitative estimate of drug-likeness (QED) is 0.739. The average Bonchev–Trinajstić information content (AvgIpc) is 3.02. The molecule has 2 heterocycles. The van der Waals surface area contributed by atoms with Crippen molar-refractivity contribution >= 4 is 31.5 Å². The van der Waals surface area contributed by atoms with Crippen LogP contribution >= 0.6 is 11.3 Å². The fourth-order valence-electron chi connectivity index (χ4n) is 2.14. The van der Waals surface area contributed by atoms with E-state index in [2.05, 4.69) is 36.2 Å². The van der Waals surface area contributed by atoms with Crippen LogP contribution in [0.1, 0.15) is 32.0 Å². The molecule has 0 aliphatic carbocycles. The monoisotopic (exact) mass is 365 g/mol. The van der Waals surface area contributed by atoms with Crippen LogP contribution < -0.4 is 10.5 Å². The highest BCUT2D eigenvalue weighted by atomic mass is 32.2. The third-order valence-electron chi connectivity index (χ3n) is 3.48. The van der Waals surface area contributed by atoms with Gasteiger partial charge in [-0.25, -0.2) is 23.1 Å². The van der Waals surface area contributed by atoms with Crippen molar-refractivity contribution in [1.82, 2.24) is 14.6 Å². The summed E-state index contributed by atoms with van der Waals surface area (Å²) in [6, 6.07) is 6.53. The summed E-state index contributed by atoms with van der Waals surface area (Å²) in [5.41, 5.74) is 1.79. The number of fused-ring (bicyclic) bond motifs is 1. The first kappa shape index (κ1) is 16.9. The van der Waals surface area contributed by atoms with Gasteiger partial charge in [0, 0.05) is 12.0 Å². The predicted octanol–water partition coefficient (Wildman–Crippen LogP) is 2.35. The number of hydrogen-bond acceptors (Lipinski definition) is 6. The van der Waals surface area contributed by atoms with Gasteiger partial charge in [0.05, 0.1) is 16.8 Å². The summed E-state index contributed by atoms with van der Waals surface area (Å²) in [7, 11) is -3.69. The Morgan fingerprint density at radius 2 is 2.08 bits per heavy atom. The summed E-state index contributed by atoms with van der Waals surface area (Å²) in [6.07, 6.45) is 1.93. The highest BCUT2D eigenvalue weighted by molar-refractivity contribution is 7.89. The molecule has 0 fully saturated rings. The Labute approximate surface area is 144 Å². The number of nitrogens with one attached hydrogen (secondary N) is 1. The largest absolute Gasteiger partial charge is 0.356 e. The summed E-state index contributed by atoms with van der Waals surface area (Å²) in [6.45, 7) is 6.78. The lowest BCUT2D eigenvalue weighted by atomic mass is 9.93. The fraction of sp³-hybridized carbons (Fsp3) is 0.333. The summed E-state index contributed by atoms with van der Waals surface area (Å²) in [5.74, 6) is 0. The van der Waals surface area contributed by atoms with Gasteiger partial charge in [-0.2, -0.15) is 0 Å². The molecule has 0 aliphatic rings. The lowest BCUT2D eigenvalue weighted by Gasteiger charge is -2.13. The predicted molar refractivity (Wildman–Crippen MR) is 94.7 cm³/mol. The summed E-state index contributed by atoms with van der Waals surface area (Å²) >= 11 is 1.45. The molecule has 7 nitrogen and oxygen atoms in total. The Morgan fingerprint density at radius 1 is 1.33 bits per heavy atom. The molecule has 2 aromatic heterocycles. The molecule has 24 heavy (non-hydrogen) atoms. The molecule has 3 rings (SSSR count). The Hall–Kier alpha value is -1.97. The minimum absolute atomic E-state index is 0.0187. The third-order valence-corrected chi connectivity index (χ3v) is 5.27. The molecule has 3 N–H and O–H groups in total. The number of primary sulfonamides is 1. The third kappa shape index (κ3) is 3.58. The summed E-state index contributed by atoms with van der Waals surface area (Å²) in [4.78, 5) is 5.51. The van der Waals surface area contributed by atoms with Crippen LogP contribution in [0.4, 0.5) is 5.13 Å². The second kappa shape index (κ2) is 5.83. The fourth-order valence-corrected chi connectivity index (χ4v) is 3.50. The van der Waals surface area contributed by atoms with Crippen molar-refractivity contribution in [3.8, 4) is 0 Å². The molecule has 0 atom stereocenters. The van der Waals surface area contributed by atoms with E-state index in [4.69, 9.17) is 5.14 Å². The van der Waals surface area contributed by atoms with Gasteiger partial charge in [-0.3, -0.25) is 0 Å². The van der Waals surface area contributed by atoms with Crippen molar-refractivity contribution in [2.24, 2.45) is 5.14 Å². The Morgan fingerprint density at radius 3 is 2.71 bits per heavy atom. The topological polar surface area (TPSA) is 102 Å². The molecule has 128 valence electrons. The molecule has 0 amide bonds. The van der Waals surface area contributed by atoms with Gasteiger partial charge in [0.1, 0.15) is 0 Å². The molecule has 0 unspecified atom stereocenters. The van der Waals surface area contributed by atoms with E-state index < -0.39 is 10.0 Å². The van der Waals surface area contributed by atoms with Crippen molar-refractivity contribution in [1.29, 1.82) is 0 Å². The molecule has 1 aromatic carbocycles. The zero-order valence-corrected chi connectivity index (χ0v) is 15.3. The van der Waals surface area contributed by atoms with Gasteiger partial charge < -0.3 is 5.32 Å². The number of sulfonamides is 1. The minimum Gasteiger partial charge on any atom is -0.356 e. The van der Waals surface area contributed by atoms with Crippen LogP contribution in [0.2, 0.25) is 0 Å². The highest BCUT2D eigenvalue weighted by Gasteiger charge is 2.19. The van der Waals surface area contributed by atoms with Crippen molar-refractivity contribution < 1.29 is 8.42 Å². The Bertz CT molecular complexity index is 951. The van der Waals surface area contributed by atoms with Gasteiger partial charge >= 0.3 is 0 Å². The molecule has 3 aromatic rings. The maximum atomic E-state index is 11.4. The summed E-state index contributed by atoms with van der Waals surface area (Å²) in [5, 5.41) is 13.5. The molecule has 0 bridgehead atoms. The van der Waals surface area contributed by atoms with Crippen LogP contribution in [0.15, 0.2) is 35.4 Å². The number of benzene rings is 1. The lowest BCUT2D eigenvalue weighted by molar-refractivity contribution is 0.572. The van der Waals surface area contributed by atoms with Crippen LogP contribution in [0.3, 0.4) is 0 Å². The van der Waals surface area contributed by atoms with Crippen LogP contribution in [-0.2, 0) is 22.0 Å². The van der Waals surface area contributed by atoms with E-state index in [1.54, 1.807) is 16.6 Å². The van der Waals surface area contributed by atoms with Crippen molar-refractivity contribution in [3.63, 3.8) is 0 Å². The zero-order valence-electron chi connectivity index (χ0n) is 13.6. The Kier molecular flexibility index (Phi) is 4.10. The van der Waals surface area contributed by atoms with E-state index in [0.717, 1.165) is 21.3 Å². The van der Waals surface area contributed by atoms with E-state index >= 15 is 0 Å². The van der Waals surface area contributed by atoms with Gasteiger partial charge in [0.25, 0.3) is 0 Å². The second-order valence-corrected chi connectivity index (χ2v) is 9.07. The number of aromatic nitrogens is 3. The molecule has 0 aliphatic heterocycles. The van der Waals surface area contributed by atoms with E-state index in [-0.39, 0.29) is 10.3 Å². The first-order valence-electron chi connectivity index (χ1n) is 7.35. The van der Waals surface area contributed by atoms with Crippen molar-refractivity contribution in [2.75, 3.05) is 5.32 Å². The van der Waals surface area contributed by atoms with Crippen LogP contribution in [-0.4, -0.2) is 23.0 Å². The van der Waals surface area contributed by atoms with Gasteiger partial charge in [-0.1, -0.05) is 44.2 Å². The average molecular weight is 365 g/mol. The molecule has 0 spiro atoms. The van der Waals surface area contributed by atoms with Crippen LogP contribution in [0.5, 0.6) is 0 Å². The lowest BCUT2D eigenvalue weighted by Crippen LogP contribution is -2.12. The number of rotatable bonds is 4. The molecule has 0 radical (unpaired) electrons. The van der Waals surface area contributed by atoms with E-state index in [1.807, 2.05) is 12.3 Å². The van der Waals surface area contributed by atoms with Crippen molar-refractivity contribution in [2.45, 2.75) is 37.6 Å². The first-order valence-corrected chi connectivity index (χ1v) is 9.71. The zero-order chi connectivity index (χ0) is 17.5. The molecular weight excluding hydrogens is 346 g/mol. The van der Waals surface area contributed by atoms with E-state index in [1.165, 1.54) is 17.4 Å². The number of nitrogens with zero attached hydrogens (tertiary/aromatic N) is 3. The molecule has 0 saturated heterocycles. The number of imidazole rings is 1. The normalized spacial score (nSPS) is 12.7. The maximum Gasteiger partial charge on any atom is 0.238 e. The van der Waals surface area contributed by atoms with Gasteiger partial charge in [-0.05, 0) is 17.7 Å².